The molecular formula is C18H22N2O3. The molecule has 0 aliphatic carbocycles. The number of carbonyl (C=O) groups excluding carboxylic acids is 1. The summed E-state index contributed by atoms with van der Waals surface area (Å²) in [4.78, 5) is 13.9. The summed E-state index contributed by atoms with van der Waals surface area (Å²) in [6.07, 6.45) is 0. The number of rotatable bonds is 8. The van der Waals surface area contributed by atoms with E-state index in [2.05, 4.69) is 10.2 Å². The number of likely N-dealkylation sites (N-methyl/N-ethyl adjacent to an activating group) is 1. The predicted molar refractivity (Wildman–Crippen MR) is 91.2 cm³/mol. The third kappa shape index (κ3) is 5.54. The Morgan fingerprint density at radius 2 is 1.83 bits per heavy atom. The molecule has 0 unspecified atom stereocenters. The number of hydrogen-bond acceptors (Lipinski definition) is 4. The molecule has 122 valence electrons. The van der Waals surface area contributed by atoms with Gasteiger partial charge in [-0.05, 0) is 24.3 Å². The van der Waals surface area contributed by atoms with E-state index in [1.165, 1.54) is 0 Å². The molecule has 5 nitrogen and oxygen atoms in total. The monoisotopic (exact) mass is 314 g/mol. The maximum absolute atomic E-state index is 11.8. The highest BCUT2D eigenvalue weighted by Gasteiger charge is 2.05. The summed E-state index contributed by atoms with van der Waals surface area (Å²) in [6, 6.07) is 17.2. The molecule has 5 heteroatoms. The van der Waals surface area contributed by atoms with E-state index < -0.39 is 0 Å². The predicted octanol–water partition coefficient (Wildman–Crippen LogP) is 2.33. The molecule has 1 N–H and O–H groups in total. The lowest BCUT2D eigenvalue weighted by Crippen LogP contribution is -2.35. The third-order valence-corrected chi connectivity index (χ3v) is 3.38. The summed E-state index contributed by atoms with van der Waals surface area (Å²) in [5.41, 5.74) is 1.12. The van der Waals surface area contributed by atoms with Crippen LogP contribution in [0.15, 0.2) is 54.6 Å². The number of nitrogens with zero attached hydrogens (tertiary/aromatic N) is 1. The van der Waals surface area contributed by atoms with Gasteiger partial charge in [0.05, 0.1) is 7.11 Å². The minimum Gasteiger partial charge on any atom is -0.497 e. The summed E-state index contributed by atoms with van der Waals surface area (Å²) in [5.74, 6) is 1.17. The van der Waals surface area contributed by atoms with Crippen LogP contribution >= 0.6 is 0 Å². The maximum Gasteiger partial charge on any atom is 0.258 e. The van der Waals surface area contributed by atoms with Crippen LogP contribution in [0.2, 0.25) is 0 Å². The van der Waals surface area contributed by atoms with Crippen molar-refractivity contribution >= 4 is 11.6 Å². The Morgan fingerprint density at radius 1 is 1.09 bits per heavy atom. The van der Waals surface area contributed by atoms with Crippen LogP contribution in [-0.4, -0.2) is 39.8 Å². The van der Waals surface area contributed by atoms with Crippen LogP contribution in [0.25, 0.3) is 0 Å². The first-order chi connectivity index (χ1) is 11.2. The van der Waals surface area contributed by atoms with Crippen LogP contribution in [0.3, 0.4) is 0 Å². The van der Waals surface area contributed by atoms with Crippen LogP contribution < -0.4 is 19.7 Å². The molecule has 0 fully saturated rings. The van der Waals surface area contributed by atoms with Crippen molar-refractivity contribution in [2.45, 2.75) is 0 Å². The molecule has 1 amide bonds. The second-order valence-corrected chi connectivity index (χ2v) is 5.07. The molecule has 2 aromatic rings. The zero-order valence-corrected chi connectivity index (χ0v) is 13.5. The van der Waals surface area contributed by atoms with Crippen molar-refractivity contribution in [3.05, 3.63) is 54.6 Å². The Hall–Kier alpha value is -2.69. The highest BCUT2D eigenvalue weighted by Crippen LogP contribution is 2.18. The standard InChI is InChI=1S/C18H22N2O3/c1-20(15-7-4-3-5-8-15)12-11-19-18(21)14-23-17-10-6-9-16(13-17)22-2/h3-10,13H,11-12,14H2,1-2H3,(H,19,21). The van der Waals surface area contributed by atoms with E-state index in [0.29, 0.717) is 18.0 Å². The van der Waals surface area contributed by atoms with Gasteiger partial charge in [0.15, 0.2) is 6.61 Å². The zero-order valence-electron chi connectivity index (χ0n) is 13.5. The molecule has 0 bridgehead atoms. The van der Waals surface area contributed by atoms with E-state index in [4.69, 9.17) is 9.47 Å². The molecule has 0 aromatic heterocycles. The van der Waals surface area contributed by atoms with E-state index in [1.54, 1.807) is 19.2 Å². The Balaban J connectivity index is 1.69. The first-order valence-corrected chi connectivity index (χ1v) is 7.49. The van der Waals surface area contributed by atoms with E-state index in [-0.39, 0.29) is 12.5 Å². The van der Waals surface area contributed by atoms with Crippen LogP contribution in [0.5, 0.6) is 11.5 Å². The number of methoxy groups -OCH3 is 1. The second kappa shape index (κ2) is 8.68. The Morgan fingerprint density at radius 3 is 2.57 bits per heavy atom. The molecular weight excluding hydrogens is 292 g/mol. The Bertz CT molecular complexity index is 617. The van der Waals surface area contributed by atoms with Crippen LogP contribution in [0.1, 0.15) is 0 Å². The molecule has 23 heavy (non-hydrogen) atoms. The lowest BCUT2D eigenvalue weighted by molar-refractivity contribution is -0.123. The molecule has 0 heterocycles. The normalized spacial score (nSPS) is 10.0. The smallest absolute Gasteiger partial charge is 0.258 e. The minimum atomic E-state index is -0.144. The van der Waals surface area contributed by atoms with Gasteiger partial charge in [0, 0.05) is 31.9 Å². The first kappa shape index (κ1) is 16.7. The second-order valence-electron chi connectivity index (χ2n) is 5.07. The quantitative estimate of drug-likeness (QED) is 0.812. The van der Waals surface area contributed by atoms with Crippen molar-refractivity contribution in [2.75, 3.05) is 38.8 Å². The van der Waals surface area contributed by atoms with Gasteiger partial charge in [0.2, 0.25) is 0 Å². The van der Waals surface area contributed by atoms with E-state index in [1.807, 2.05) is 49.5 Å². The SMILES string of the molecule is COc1cccc(OCC(=O)NCCN(C)c2ccccc2)c1. The topological polar surface area (TPSA) is 50.8 Å². The van der Waals surface area contributed by atoms with Gasteiger partial charge in [-0.2, -0.15) is 0 Å². The van der Waals surface area contributed by atoms with Crippen LogP contribution in [0.4, 0.5) is 5.69 Å². The van der Waals surface area contributed by atoms with Gasteiger partial charge in [0.1, 0.15) is 11.5 Å². The fraction of sp³-hybridized carbons (Fsp3) is 0.278. The number of anilines is 1. The van der Waals surface area contributed by atoms with E-state index in [9.17, 15) is 4.79 Å². The molecule has 0 atom stereocenters. The highest BCUT2D eigenvalue weighted by atomic mass is 16.5. The molecule has 0 aliphatic heterocycles. The molecule has 0 spiro atoms. The first-order valence-electron chi connectivity index (χ1n) is 7.49. The largest absolute Gasteiger partial charge is 0.497 e. The molecule has 2 aromatic carbocycles. The van der Waals surface area contributed by atoms with Crippen molar-refractivity contribution < 1.29 is 14.3 Å². The number of benzene rings is 2. The van der Waals surface area contributed by atoms with Crippen molar-refractivity contribution in [1.82, 2.24) is 5.32 Å². The van der Waals surface area contributed by atoms with Crippen molar-refractivity contribution in [2.24, 2.45) is 0 Å². The van der Waals surface area contributed by atoms with Gasteiger partial charge in [-0.3, -0.25) is 4.79 Å². The van der Waals surface area contributed by atoms with Crippen molar-refractivity contribution in [3.63, 3.8) is 0 Å². The maximum atomic E-state index is 11.8. The summed E-state index contributed by atoms with van der Waals surface area (Å²) < 4.78 is 10.6. The lowest BCUT2D eigenvalue weighted by Gasteiger charge is -2.19. The molecule has 0 saturated carbocycles. The van der Waals surface area contributed by atoms with Crippen LogP contribution in [-0.2, 0) is 4.79 Å². The van der Waals surface area contributed by atoms with Gasteiger partial charge in [0.25, 0.3) is 5.91 Å². The van der Waals surface area contributed by atoms with Gasteiger partial charge in [-0.1, -0.05) is 24.3 Å². The summed E-state index contributed by atoms with van der Waals surface area (Å²) in [7, 11) is 3.59. The highest BCUT2D eigenvalue weighted by molar-refractivity contribution is 5.77. The molecule has 2 rings (SSSR count). The average molecular weight is 314 g/mol. The summed E-state index contributed by atoms with van der Waals surface area (Å²) in [5, 5.41) is 2.85. The average Bonchev–Trinajstić information content (AvgIpc) is 2.61. The summed E-state index contributed by atoms with van der Waals surface area (Å²) >= 11 is 0. The number of ether oxygens (including phenoxy) is 2. The van der Waals surface area contributed by atoms with Crippen molar-refractivity contribution in [3.8, 4) is 11.5 Å². The lowest BCUT2D eigenvalue weighted by atomic mass is 10.3. The van der Waals surface area contributed by atoms with E-state index >= 15 is 0 Å². The van der Waals surface area contributed by atoms with Gasteiger partial charge < -0.3 is 19.7 Å². The Labute approximate surface area is 136 Å². The minimum absolute atomic E-state index is 0.0117. The number of carbonyl (C=O) groups is 1. The van der Waals surface area contributed by atoms with Gasteiger partial charge in [-0.15, -0.1) is 0 Å². The Kier molecular flexibility index (Phi) is 6.29. The molecule has 0 aliphatic rings. The molecule has 0 saturated heterocycles. The van der Waals surface area contributed by atoms with Crippen LogP contribution in [0, 0.1) is 0 Å². The van der Waals surface area contributed by atoms with Gasteiger partial charge >= 0.3 is 0 Å². The van der Waals surface area contributed by atoms with E-state index in [0.717, 1.165) is 12.2 Å². The zero-order chi connectivity index (χ0) is 16.5. The number of hydrogen-bond donors (Lipinski definition) is 1. The van der Waals surface area contributed by atoms with Crippen molar-refractivity contribution in [1.29, 1.82) is 0 Å². The molecule has 0 radical (unpaired) electrons. The third-order valence-electron chi connectivity index (χ3n) is 3.38. The summed E-state index contributed by atoms with van der Waals surface area (Å²) in [6.45, 7) is 1.28. The number of nitrogens with one attached hydrogen (secondary N) is 1. The fourth-order valence-corrected chi connectivity index (χ4v) is 2.07. The number of para-hydroxylation sites is 1. The van der Waals surface area contributed by atoms with Gasteiger partial charge in [-0.25, -0.2) is 0 Å². The fourth-order valence-electron chi connectivity index (χ4n) is 2.07. The number of amides is 1.